The second kappa shape index (κ2) is 6.27. The van der Waals surface area contributed by atoms with Gasteiger partial charge in [-0.3, -0.25) is 9.58 Å². The Kier molecular flexibility index (Phi) is 4.41. The van der Waals surface area contributed by atoms with Crippen molar-refractivity contribution in [3.05, 3.63) is 18.0 Å². The van der Waals surface area contributed by atoms with Crippen LogP contribution in [0.1, 0.15) is 57.2 Å². The van der Waals surface area contributed by atoms with Gasteiger partial charge in [-0.2, -0.15) is 5.10 Å². The summed E-state index contributed by atoms with van der Waals surface area (Å²) < 4.78 is 2.19. The molecule has 4 nitrogen and oxygen atoms in total. The highest BCUT2D eigenvalue weighted by atomic mass is 16.3. The zero-order chi connectivity index (χ0) is 13.9. The van der Waals surface area contributed by atoms with Gasteiger partial charge in [0, 0.05) is 12.7 Å². The van der Waals surface area contributed by atoms with Crippen molar-refractivity contribution >= 4 is 0 Å². The van der Waals surface area contributed by atoms with Crippen molar-refractivity contribution in [2.24, 2.45) is 5.92 Å². The Balaban J connectivity index is 1.51. The highest BCUT2D eigenvalue weighted by molar-refractivity contribution is 5.00. The van der Waals surface area contributed by atoms with E-state index >= 15 is 0 Å². The third-order valence-electron chi connectivity index (χ3n) is 5.06. The van der Waals surface area contributed by atoms with Gasteiger partial charge in [0.1, 0.15) is 0 Å². The topological polar surface area (TPSA) is 41.3 Å². The van der Waals surface area contributed by atoms with E-state index in [1.54, 1.807) is 0 Å². The van der Waals surface area contributed by atoms with Crippen molar-refractivity contribution in [2.45, 2.75) is 64.1 Å². The fraction of sp³-hybridized carbons (Fsp3) is 0.812. The molecule has 2 heterocycles. The standard InChI is InChI=1S/C16H27N3O/c1-13(20)14-6-9-18(10-7-14)12-15-8-11-19(17-15)16-4-2-3-5-16/h8,11,13-14,16,20H,2-7,9-10,12H2,1H3. The Morgan fingerprint density at radius 2 is 1.95 bits per heavy atom. The van der Waals surface area contributed by atoms with E-state index < -0.39 is 0 Å². The van der Waals surface area contributed by atoms with Crippen molar-refractivity contribution < 1.29 is 5.11 Å². The Bertz CT molecular complexity index is 415. The van der Waals surface area contributed by atoms with Crippen molar-refractivity contribution in [3.63, 3.8) is 0 Å². The normalized spacial score (nSPS) is 24.3. The molecule has 4 heteroatoms. The summed E-state index contributed by atoms with van der Waals surface area (Å²) in [5.41, 5.74) is 1.20. The largest absolute Gasteiger partial charge is 0.393 e. The molecule has 1 atom stereocenters. The maximum absolute atomic E-state index is 9.64. The second-order valence-corrected chi connectivity index (χ2v) is 6.58. The van der Waals surface area contributed by atoms with Gasteiger partial charge in [-0.25, -0.2) is 0 Å². The van der Waals surface area contributed by atoms with E-state index in [2.05, 4.69) is 21.8 Å². The minimum absolute atomic E-state index is 0.154. The first-order valence-electron chi connectivity index (χ1n) is 8.17. The number of aliphatic hydroxyl groups is 1. The zero-order valence-electron chi connectivity index (χ0n) is 12.5. The summed E-state index contributed by atoms with van der Waals surface area (Å²) in [4.78, 5) is 2.47. The lowest BCUT2D eigenvalue weighted by atomic mass is 9.92. The third kappa shape index (κ3) is 3.23. The number of likely N-dealkylation sites (tertiary alicyclic amines) is 1. The predicted octanol–water partition coefficient (Wildman–Crippen LogP) is 2.59. The SMILES string of the molecule is CC(O)C1CCN(Cc2ccn(C3CCCC3)n2)CC1. The minimum atomic E-state index is -0.154. The van der Waals surface area contributed by atoms with E-state index in [1.165, 1.54) is 31.4 Å². The summed E-state index contributed by atoms with van der Waals surface area (Å²) in [5.74, 6) is 0.488. The van der Waals surface area contributed by atoms with E-state index in [-0.39, 0.29) is 6.10 Å². The molecule has 0 spiro atoms. The summed E-state index contributed by atoms with van der Waals surface area (Å²) in [7, 11) is 0. The molecule has 1 saturated heterocycles. The molecule has 1 aliphatic carbocycles. The monoisotopic (exact) mass is 277 g/mol. The molecule has 0 aromatic carbocycles. The summed E-state index contributed by atoms with van der Waals surface area (Å²) in [6.07, 6.45) is 9.52. The van der Waals surface area contributed by atoms with Crippen LogP contribution in [0.3, 0.4) is 0 Å². The highest BCUT2D eigenvalue weighted by Gasteiger charge is 2.23. The van der Waals surface area contributed by atoms with Crippen molar-refractivity contribution in [1.82, 2.24) is 14.7 Å². The van der Waals surface area contributed by atoms with Crippen LogP contribution in [0.2, 0.25) is 0 Å². The smallest absolute Gasteiger partial charge is 0.0764 e. The van der Waals surface area contributed by atoms with Crippen LogP contribution in [0.15, 0.2) is 12.3 Å². The fourth-order valence-electron chi connectivity index (χ4n) is 3.66. The van der Waals surface area contributed by atoms with Crippen LogP contribution in [-0.2, 0) is 6.54 Å². The molecular formula is C16H27N3O. The number of hydrogen-bond donors (Lipinski definition) is 1. The first-order valence-corrected chi connectivity index (χ1v) is 8.17. The zero-order valence-corrected chi connectivity index (χ0v) is 12.5. The van der Waals surface area contributed by atoms with Crippen LogP contribution in [0.25, 0.3) is 0 Å². The van der Waals surface area contributed by atoms with Gasteiger partial charge in [-0.05, 0) is 57.7 Å². The summed E-state index contributed by atoms with van der Waals surface area (Å²) >= 11 is 0. The van der Waals surface area contributed by atoms with Gasteiger partial charge < -0.3 is 5.11 Å². The van der Waals surface area contributed by atoms with E-state index in [1.807, 2.05) is 6.92 Å². The van der Waals surface area contributed by atoms with Crippen molar-refractivity contribution in [2.75, 3.05) is 13.1 Å². The van der Waals surface area contributed by atoms with Gasteiger partial charge in [0.15, 0.2) is 0 Å². The van der Waals surface area contributed by atoms with Gasteiger partial charge in [-0.1, -0.05) is 12.8 Å². The molecule has 20 heavy (non-hydrogen) atoms. The van der Waals surface area contributed by atoms with Crippen LogP contribution in [-0.4, -0.2) is 39.0 Å². The number of hydrogen-bond acceptors (Lipinski definition) is 3. The highest BCUT2D eigenvalue weighted by Crippen LogP contribution is 2.29. The maximum Gasteiger partial charge on any atom is 0.0764 e. The number of nitrogens with zero attached hydrogens (tertiary/aromatic N) is 3. The molecule has 0 amide bonds. The van der Waals surface area contributed by atoms with Crippen molar-refractivity contribution in [1.29, 1.82) is 0 Å². The molecule has 3 rings (SSSR count). The van der Waals surface area contributed by atoms with Crippen LogP contribution in [0, 0.1) is 5.92 Å². The third-order valence-corrected chi connectivity index (χ3v) is 5.06. The molecule has 1 aromatic heterocycles. The van der Waals surface area contributed by atoms with Crippen LogP contribution in [0.4, 0.5) is 0 Å². The Morgan fingerprint density at radius 1 is 1.25 bits per heavy atom. The Labute approximate surface area is 121 Å². The molecular weight excluding hydrogens is 250 g/mol. The number of aromatic nitrogens is 2. The Hall–Kier alpha value is -0.870. The Morgan fingerprint density at radius 3 is 2.60 bits per heavy atom. The molecule has 112 valence electrons. The second-order valence-electron chi connectivity index (χ2n) is 6.58. The lowest BCUT2D eigenvalue weighted by molar-refractivity contribution is 0.0690. The first-order chi connectivity index (χ1) is 9.72. The molecule has 1 aromatic rings. The fourth-order valence-corrected chi connectivity index (χ4v) is 3.66. The molecule has 1 aliphatic heterocycles. The quantitative estimate of drug-likeness (QED) is 0.919. The molecule has 0 bridgehead atoms. The molecule has 2 fully saturated rings. The lowest BCUT2D eigenvalue weighted by Crippen LogP contribution is -2.36. The van der Waals surface area contributed by atoms with E-state index in [0.29, 0.717) is 12.0 Å². The molecule has 2 aliphatic rings. The van der Waals surface area contributed by atoms with Gasteiger partial charge in [0.05, 0.1) is 17.8 Å². The van der Waals surface area contributed by atoms with Crippen molar-refractivity contribution in [3.8, 4) is 0 Å². The van der Waals surface area contributed by atoms with Crippen LogP contribution < -0.4 is 0 Å². The predicted molar refractivity (Wildman–Crippen MR) is 79.4 cm³/mol. The van der Waals surface area contributed by atoms with Gasteiger partial charge >= 0.3 is 0 Å². The lowest BCUT2D eigenvalue weighted by Gasteiger charge is -2.32. The average molecular weight is 277 g/mol. The van der Waals surface area contributed by atoms with Crippen LogP contribution >= 0.6 is 0 Å². The molecule has 1 N–H and O–H groups in total. The minimum Gasteiger partial charge on any atom is -0.393 e. The number of aliphatic hydroxyl groups excluding tert-OH is 1. The van der Waals surface area contributed by atoms with E-state index in [4.69, 9.17) is 5.10 Å². The van der Waals surface area contributed by atoms with E-state index in [9.17, 15) is 5.11 Å². The summed E-state index contributed by atoms with van der Waals surface area (Å²) in [5, 5.41) is 14.4. The van der Waals surface area contributed by atoms with Gasteiger partial charge in [0.2, 0.25) is 0 Å². The average Bonchev–Trinajstić information content (AvgIpc) is 3.09. The molecule has 1 unspecified atom stereocenters. The van der Waals surface area contributed by atoms with Crippen LogP contribution in [0.5, 0.6) is 0 Å². The summed E-state index contributed by atoms with van der Waals surface area (Å²) in [6.45, 7) is 5.06. The van der Waals surface area contributed by atoms with Gasteiger partial charge in [0.25, 0.3) is 0 Å². The maximum atomic E-state index is 9.64. The first kappa shape index (κ1) is 14.1. The van der Waals surface area contributed by atoms with Gasteiger partial charge in [-0.15, -0.1) is 0 Å². The molecule has 1 saturated carbocycles. The van der Waals surface area contributed by atoms with E-state index in [0.717, 1.165) is 32.5 Å². The number of piperidine rings is 1. The number of rotatable bonds is 4. The molecule has 0 radical (unpaired) electrons. The summed E-state index contributed by atoms with van der Waals surface area (Å²) in [6, 6.07) is 2.82.